The summed E-state index contributed by atoms with van der Waals surface area (Å²) in [5, 5.41) is 14.1. The highest BCUT2D eigenvalue weighted by atomic mass is 35.5. The van der Waals surface area contributed by atoms with Gasteiger partial charge in [-0.1, -0.05) is 29.1 Å². The van der Waals surface area contributed by atoms with Crippen LogP contribution in [0.5, 0.6) is 0 Å². The van der Waals surface area contributed by atoms with Crippen LogP contribution in [0, 0.1) is 5.82 Å². The van der Waals surface area contributed by atoms with Gasteiger partial charge in [-0.05, 0) is 35.6 Å². The molecule has 0 saturated carbocycles. The number of halogens is 2. The molecule has 0 radical (unpaired) electrons. The molecule has 6 heteroatoms. The van der Waals surface area contributed by atoms with Crippen LogP contribution < -0.4 is 0 Å². The molecule has 2 aromatic rings. The normalized spacial score (nSPS) is 12.7. The Hall–Kier alpha value is -1.04. The van der Waals surface area contributed by atoms with Crippen molar-refractivity contribution in [1.82, 2.24) is 9.59 Å². The van der Waals surface area contributed by atoms with E-state index in [2.05, 4.69) is 9.59 Å². The highest BCUT2D eigenvalue weighted by Gasteiger charge is 2.16. The smallest absolute Gasteiger partial charge is 0.141 e. The third-order valence-electron chi connectivity index (χ3n) is 2.64. The van der Waals surface area contributed by atoms with Gasteiger partial charge in [0.2, 0.25) is 0 Å². The van der Waals surface area contributed by atoms with Crippen LogP contribution in [-0.4, -0.2) is 14.7 Å². The summed E-state index contributed by atoms with van der Waals surface area (Å²) in [6, 6.07) is 4.45. The Labute approximate surface area is 113 Å². The van der Waals surface area contributed by atoms with Crippen LogP contribution in [0.25, 0.3) is 0 Å². The van der Waals surface area contributed by atoms with Crippen LogP contribution in [-0.2, 0) is 12.8 Å². The summed E-state index contributed by atoms with van der Waals surface area (Å²) >= 11 is 6.89. The van der Waals surface area contributed by atoms with Crippen molar-refractivity contribution in [2.24, 2.45) is 0 Å². The lowest BCUT2D eigenvalue weighted by molar-refractivity contribution is 0.181. The third-order valence-corrected chi connectivity index (χ3v) is 3.79. The van der Waals surface area contributed by atoms with Crippen molar-refractivity contribution in [1.29, 1.82) is 0 Å². The minimum absolute atomic E-state index is 0.0674. The molecule has 0 amide bonds. The lowest BCUT2D eigenvalue weighted by atomic mass is 10.1. The van der Waals surface area contributed by atoms with Crippen LogP contribution in [0.4, 0.5) is 4.39 Å². The van der Waals surface area contributed by atoms with E-state index in [-0.39, 0.29) is 5.02 Å². The molecule has 1 aromatic heterocycles. The Bertz CT molecular complexity index is 547. The number of aliphatic hydroxyl groups excluding tert-OH is 1. The summed E-state index contributed by atoms with van der Waals surface area (Å²) in [4.78, 5) is 0.762. The molecular formula is C12H12ClFN2OS. The average molecular weight is 287 g/mol. The quantitative estimate of drug-likeness (QED) is 0.939. The van der Waals surface area contributed by atoms with E-state index in [0.717, 1.165) is 22.6 Å². The van der Waals surface area contributed by atoms with Crippen LogP contribution >= 0.6 is 23.1 Å². The largest absolute Gasteiger partial charge is 0.387 e. The molecule has 2 rings (SSSR count). The van der Waals surface area contributed by atoms with Crippen LogP contribution in [0.3, 0.4) is 0 Å². The van der Waals surface area contributed by atoms with Crippen molar-refractivity contribution in [3.05, 3.63) is 45.2 Å². The van der Waals surface area contributed by atoms with Gasteiger partial charge in [-0.25, -0.2) is 4.39 Å². The molecule has 1 N–H and O–H groups in total. The van der Waals surface area contributed by atoms with Crippen molar-refractivity contribution in [2.75, 3.05) is 0 Å². The summed E-state index contributed by atoms with van der Waals surface area (Å²) in [5.41, 5.74) is 1.59. The number of aromatic nitrogens is 2. The molecule has 96 valence electrons. The summed E-state index contributed by atoms with van der Waals surface area (Å²) in [7, 11) is 0. The van der Waals surface area contributed by atoms with E-state index < -0.39 is 11.9 Å². The summed E-state index contributed by atoms with van der Waals surface area (Å²) in [6.07, 6.45) is 0.422. The van der Waals surface area contributed by atoms with Crippen LogP contribution in [0.2, 0.25) is 5.02 Å². The molecule has 1 heterocycles. The summed E-state index contributed by atoms with van der Waals surface area (Å²) in [6.45, 7) is 1.96. The molecule has 1 aromatic carbocycles. The number of nitrogens with zero attached hydrogens (tertiary/aromatic N) is 2. The first-order valence-corrected chi connectivity index (χ1v) is 6.70. The maximum Gasteiger partial charge on any atom is 0.141 e. The molecule has 0 aliphatic rings. The summed E-state index contributed by atoms with van der Waals surface area (Å²) < 4.78 is 16.8. The first-order valence-electron chi connectivity index (χ1n) is 5.55. The second-order valence-electron chi connectivity index (χ2n) is 3.91. The third kappa shape index (κ3) is 2.85. The summed E-state index contributed by atoms with van der Waals surface area (Å²) in [5.74, 6) is -0.455. The van der Waals surface area contributed by atoms with Crippen LogP contribution in [0.15, 0.2) is 18.2 Å². The van der Waals surface area contributed by atoms with Crippen molar-refractivity contribution >= 4 is 23.1 Å². The fraction of sp³-hybridized carbons (Fsp3) is 0.333. The van der Waals surface area contributed by atoms with E-state index in [9.17, 15) is 9.50 Å². The number of hydrogen-bond donors (Lipinski definition) is 1. The van der Waals surface area contributed by atoms with Gasteiger partial charge in [0.15, 0.2) is 0 Å². The van der Waals surface area contributed by atoms with E-state index in [0.29, 0.717) is 6.42 Å². The van der Waals surface area contributed by atoms with Gasteiger partial charge in [-0.3, -0.25) is 0 Å². The Balaban J connectivity index is 2.16. The monoisotopic (exact) mass is 286 g/mol. The van der Waals surface area contributed by atoms with E-state index in [4.69, 9.17) is 11.6 Å². The zero-order valence-electron chi connectivity index (χ0n) is 9.73. The van der Waals surface area contributed by atoms with Gasteiger partial charge in [-0.2, -0.15) is 0 Å². The highest BCUT2D eigenvalue weighted by molar-refractivity contribution is 7.05. The molecular weight excluding hydrogens is 275 g/mol. The maximum atomic E-state index is 13.0. The Kier molecular flexibility index (Phi) is 4.27. The first-order chi connectivity index (χ1) is 8.61. The first kappa shape index (κ1) is 13.4. The molecule has 18 heavy (non-hydrogen) atoms. The topological polar surface area (TPSA) is 46.0 Å². The maximum absolute atomic E-state index is 13.0. The average Bonchev–Trinajstić information content (AvgIpc) is 2.82. The molecule has 0 bridgehead atoms. The van der Waals surface area contributed by atoms with Crippen molar-refractivity contribution in [3.8, 4) is 0 Å². The zero-order valence-corrected chi connectivity index (χ0v) is 11.3. The van der Waals surface area contributed by atoms with E-state index in [1.807, 2.05) is 6.92 Å². The lowest BCUT2D eigenvalue weighted by Crippen LogP contribution is -2.03. The van der Waals surface area contributed by atoms with E-state index >= 15 is 0 Å². The van der Waals surface area contributed by atoms with E-state index in [1.165, 1.54) is 23.7 Å². The zero-order chi connectivity index (χ0) is 13.1. The van der Waals surface area contributed by atoms with Gasteiger partial charge in [0.1, 0.15) is 5.82 Å². The van der Waals surface area contributed by atoms with Crippen molar-refractivity contribution in [3.63, 3.8) is 0 Å². The van der Waals surface area contributed by atoms with E-state index in [1.54, 1.807) is 6.07 Å². The Morgan fingerprint density at radius 1 is 1.50 bits per heavy atom. The number of hydrogen-bond acceptors (Lipinski definition) is 4. The molecule has 3 nitrogen and oxygen atoms in total. The molecule has 0 aliphatic carbocycles. The number of aliphatic hydroxyl groups is 1. The second kappa shape index (κ2) is 5.73. The second-order valence-corrected chi connectivity index (χ2v) is 5.10. The number of benzene rings is 1. The molecule has 0 spiro atoms. The number of rotatable bonds is 4. The molecule has 1 atom stereocenters. The fourth-order valence-corrected chi connectivity index (χ4v) is 2.62. The van der Waals surface area contributed by atoms with Crippen molar-refractivity contribution in [2.45, 2.75) is 25.9 Å². The van der Waals surface area contributed by atoms with Gasteiger partial charge in [-0.15, -0.1) is 5.10 Å². The minimum atomic E-state index is -0.679. The molecule has 0 aliphatic heterocycles. The minimum Gasteiger partial charge on any atom is -0.387 e. The fourth-order valence-electron chi connectivity index (χ4n) is 1.70. The Morgan fingerprint density at radius 3 is 2.94 bits per heavy atom. The molecule has 0 fully saturated rings. The lowest BCUT2D eigenvalue weighted by Gasteiger charge is -2.09. The van der Waals surface area contributed by atoms with Gasteiger partial charge >= 0.3 is 0 Å². The Morgan fingerprint density at radius 2 is 2.28 bits per heavy atom. The number of aryl methyl sites for hydroxylation is 1. The van der Waals surface area contributed by atoms with Gasteiger partial charge < -0.3 is 5.11 Å². The highest BCUT2D eigenvalue weighted by Crippen LogP contribution is 2.26. The van der Waals surface area contributed by atoms with Crippen molar-refractivity contribution < 1.29 is 9.50 Å². The molecule has 0 saturated heterocycles. The predicted octanol–water partition coefficient (Wildman–Crippen LogP) is 3.17. The SMILES string of the molecule is CCc1nnsc1C(O)Cc1ccc(F)c(Cl)c1. The van der Waals surface area contributed by atoms with Gasteiger partial charge in [0, 0.05) is 6.42 Å². The standard InChI is InChI=1S/C12H12ClFN2OS/c1-2-10-12(18-16-15-10)11(17)6-7-3-4-9(14)8(13)5-7/h3-5,11,17H,2,6H2,1H3. The predicted molar refractivity (Wildman–Crippen MR) is 69.4 cm³/mol. The van der Waals surface area contributed by atoms with Gasteiger partial charge in [0.05, 0.1) is 21.7 Å². The molecule has 1 unspecified atom stereocenters. The van der Waals surface area contributed by atoms with Gasteiger partial charge in [0.25, 0.3) is 0 Å². The van der Waals surface area contributed by atoms with Crippen LogP contribution in [0.1, 0.15) is 29.2 Å².